The van der Waals surface area contributed by atoms with Crippen LogP contribution in [0.1, 0.15) is 41.5 Å². The molecule has 0 aromatic carbocycles. The van der Waals surface area contributed by atoms with Crippen molar-refractivity contribution in [3.8, 4) is 11.8 Å². The summed E-state index contributed by atoms with van der Waals surface area (Å²) in [7, 11) is 4.91. The van der Waals surface area contributed by atoms with Gasteiger partial charge in [0.05, 0.1) is 20.3 Å². The van der Waals surface area contributed by atoms with E-state index in [2.05, 4.69) is 15.2 Å². The zero-order valence-electron chi connectivity index (χ0n) is 14.1. The van der Waals surface area contributed by atoms with Crippen LogP contribution in [0.2, 0.25) is 0 Å². The Bertz CT molecular complexity index is 730. The van der Waals surface area contributed by atoms with Crippen LogP contribution >= 0.6 is 0 Å². The van der Waals surface area contributed by atoms with E-state index in [0.29, 0.717) is 18.0 Å². The first kappa shape index (κ1) is 16.2. The van der Waals surface area contributed by atoms with Crippen molar-refractivity contribution in [3.63, 3.8) is 0 Å². The average Bonchev–Trinajstić information content (AvgIpc) is 3.06. The molecule has 0 aliphatic carbocycles. The number of nitrogens with zero attached hydrogens (tertiary/aromatic N) is 5. The van der Waals surface area contributed by atoms with Crippen LogP contribution in [-0.4, -0.2) is 51.3 Å². The Balaban J connectivity index is 1.94. The summed E-state index contributed by atoms with van der Waals surface area (Å²) in [4.78, 5) is 19.1. The van der Waals surface area contributed by atoms with Gasteiger partial charge in [-0.25, -0.2) is 0 Å². The summed E-state index contributed by atoms with van der Waals surface area (Å²) >= 11 is 0. The van der Waals surface area contributed by atoms with Gasteiger partial charge in [0.15, 0.2) is 5.82 Å². The molecule has 0 unspecified atom stereocenters. The number of piperidine rings is 1. The number of rotatable bonds is 4. The molecule has 0 N–H and O–H groups in total. The first-order valence-corrected chi connectivity index (χ1v) is 7.89. The van der Waals surface area contributed by atoms with Crippen molar-refractivity contribution in [1.29, 1.82) is 0 Å². The van der Waals surface area contributed by atoms with Crippen LogP contribution in [0.25, 0.3) is 0 Å². The number of hydrogen-bond donors (Lipinski definition) is 0. The molecule has 0 spiro atoms. The van der Waals surface area contributed by atoms with Gasteiger partial charge in [-0.3, -0.25) is 4.79 Å². The van der Waals surface area contributed by atoms with Gasteiger partial charge in [-0.2, -0.15) is 4.98 Å². The molecule has 1 saturated heterocycles. The summed E-state index contributed by atoms with van der Waals surface area (Å²) in [5.41, 5.74) is 0.423. The van der Waals surface area contributed by atoms with Crippen molar-refractivity contribution in [2.24, 2.45) is 7.05 Å². The molecule has 128 valence electrons. The summed E-state index contributed by atoms with van der Waals surface area (Å²) in [6, 6.07) is 3.26. The van der Waals surface area contributed by atoms with Crippen LogP contribution in [0.3, 0.4) is 0 Å². The predicted octanol–water partition coefficient (Wildman–Crippen LogP) is 1.59. The molecule has 0 radical (unpaired) electrons. The highest BCUT2D eigenvalue weighted by Crippen LogP contribution is 2.32. The number of likely N-dealkylation sites (tertiary alicyclic amines) is 1. The predicted molar refractivity (Wildman–Crippen MR) is 86.0 cm³/mol. The fourth-order valence-corrected chi connectivity index (χ4v) is 3.05. The van der Waals surface area contributed by atoms with Gasteiger partial charge in [-0.05, 0) is 25.3 Å². The topological polar surface area (TPSA) is 82.4 Å². The molecule has 0 saturated carbocycles. The second-order valence-electron chi connectivity index (χ2n) is 5.72. The lowest BCUT2D eigenvalue weighted by molar-refractivity contribution is 0.0591. The van der Waals surface area contributed by atoms with Gasteiger partial charge in [0.2, 0.25) is 11.8 Å². The molecule has 24 heavy (non-hydrogen) atoms. The molecule has 2 aromatic heterocycles. The summed E-state index contributed by atoms with van der Waals surface area (Å²) in [5.74, 6) is 1.35. The van der Waals surface area contributed by atoms with Gasteiger partial charge in [0, 0.05) is 19.7 Å². The SMILES string of the molecule is COc1ccc(C(=O)N2CCCC[C@@H]2c2nncn2C)c(OC)n1. The van der Waals surface area contributed by atoms with Crippen LogP contribution in [0, 0.1) is 0 Å². The van der Waals surface area contributed by atoms with Crippen LogP contribution in [0.4, 0.5) is 0 Å². The molecule has 1 fully saturated rings. The minimum absolute atomic E-state index is 0.0921. The molecule has 8 nitrogen and oxygen atoms in total. The van der Waals surface area contributed by atoms with E-state index in [0.717, 1.165) is 25.1 Å². The van der Waals surface area contributed by atoms with Crippen molar-refractivity contribution in [3.05, 3.63) is 29.8 Å². The monoisotopic (exact) mass is 331 g/mol. The highest BCUT2D eigenvalue weighted by atomic mass is 16.5. The summed E-state index contributed by atoms with van der Waals surface area (Å²) in [5, 5.41) is 8.13. The molecule has 1 aliphatic heterocycles. The Hall–Kier alpha value is -2.64. The average molecular weight is 331 g/mol. The van der Waals surface area contributed by atoms with E-state index in [1.165, 1.54) is 14.2 Å². The minimum atomic E-state index is -0.116. The molecule has 1 aliphatic rings. The Morgan fingerprint density at radius 3 is 2.75 bits per heavy atom. The van der Waals surface area contributed by atoms with Gasteiger partial charge in [-0.15, -0.1) is 10.2 Å². The van der Waals surface area contributed by atoms with Crippen molar-refractivity contribution in [1.82, 2.24) is 24.6 Å². The third-order valence-electron chi connectivity index (χ3n) is 4.28. The summed E-state index contributed by atoms with van der Waals surface area (Å²) in [6.07, 6.45) is 4.54. The lowest BCUT2D eigenvalue weighted by Crippen LogP contribution is -2.39. The maximum atomic E-state index is 13.1. The van der Waals surface area contributed by atoms with E-state index >= 15 is 0 Å². The molecule has 0 bridgehead atoms. The van der Waals surface area contributed by atoms with E-state index in [1.807, 2.05) is 16.5 Å². The molecule has 8 heteroatoms. The van der Waals surface area contributed by atoms with Gasteiger partial charge in [0.1, 0.15) is 11.9 Å². The molecule has 1 amide bonds. The summed E-state index contributed by atoms with van der Waals surface area (Å²) < 4.78 is 12.2. The Morgan fingerprint density at radius 2 is 2.08 bits per heavy atom. The van der Waals surface area contributed by atoms with E-state index in [4.69, 9.17) is 9.47 Å². The molecule has 1 atom stereocenters. The van der Waals surface area contributed by atoms with Gasteiger partial charge in [-0.1, -0.05) is 0 Å². The third-order valence-corrected chi connectivity index (χ3v) is 4.28. The first-order chi connectivity index (χ1) is 11.7. The zero-order valence-corrected chi connectivity index (χ0v) is 14.1. The van der Waals surface area contributed by atoms with Gasteiger partial charge in [0.25, 0.3) is 5.91 Å². The summed E-state index contributed by atoms with van der Waals surface area (Å²) in [6.45, 7) is 0.672. The van der Waals surface area contributed by atoms with Crippen LogP contribution in [0.15, 0.2) is 18.5 Å². The molecule has 3 heterocycles. The van der Waals surface area contributed by atoms with Crippen molar-refractivity contribution in [2.75, 3.05) is 20.8 Å². The third kappa shape index (κ3) is 2.91. The molecular weight excluding hydrogens is 310 g/mol. The fraction of sp³-hybridized carbons (Fsp3) is 0.500. The Labute approximate surface area is 140 Å². The largest absolute Gasteiger partial charge is 0.481 e. The number of ether oxygens (including phenoxy) is 2. The van der Waals surface area contributed by atoms with E-state index in [1.54, 1.807) is 18.5 Å². The number of methoxy groups -OCH3 is 2. The lowest BCUT2D eigenvalue weighted by Gasteiger charge is -2.35. The van der Waals surface area contributed by atoms with E-state index in [-0.39, 0.29) is 17.8 Å². The molecular formula is C16H21N5O3. The van der Waals surface area contributed by atoms with Crippen LogP contribution < -0.4 is 9.47 Å². The van der Waals surface area contributed by atoms with Crippen molar-refractivity contribution < 1.29 is 14.3 Å². The maximum absolute atomic E-state index is 13.1. The second kappa shape index (κ2) is 6.86. The van der Waals surface area contributed by atoms with Crippen molar-refractivity contribution in [2.45, 2.75) is 25.3 Å². The normalized spacial score (nSPS) is 17.6. The zero-order chi connectivity index (χ0) is 17.1. The maximum Gasteiger partial charge on any atom is 0.259 e. The number of aromatic nitrogens is 4. The Kier molecular flexibility index (Phi) is 4.64. The standard InChI is InChI=1S/C16H21N5O3/c1-20-10-17-19-14(20)12-6-4-5-9-21(12)16(22)11-7-8-13(23-2)18-15(11)24-3/h7-8,10,12H,4-6,9H2,1-3H3/t12-/m1/s1. The number of pyridine rings is 1. The quantitative estimate of drug-likeness (QED) is 0.846. The van der Waals surface area contributed by atoms with Gasteiger partial charge >= 0.3 is 0 Å². The number of hydrogen-bond acceptors (Lipinski definition) is 6. The highest BCUT2D eigenvalue weighted by Gasteiger charge is 2.33. The second-order valence-corrected chi connectivity index (χ2v) is 5.72. The van der Waals surface area contributed by atoms with Gasteiger partial charge < -0.3 is 18.9 Å². The van der Waals surface area contributed by atoms with E-state index < -0.39 is 0 Å². The fourth-order valence-electron chi connectivity index (χ4n) is 3.05. The number of aryl methyl sites for hydroxylation is 1. The smallest absolute Gasteiger partial charge is 0.259 e. The number of carbonyl (C=O) groups excluding carboxylic acids is 1. The molecule has 2 aromatic rings. The van der Waals surface area contributed by atoms with Crippen LogP contribution in [0.5, 0.6) is 11.8 Å². The number of carbonyl (C=O) groups is 1. The molecule has 3 rings (SSSR count). The first-order valence-electron chi connectivity index (χ1n) is 7.89. The van der Waals surface area contributed by atoms with Crippen molar-refractivity contribution >= 4 is 5.91 Å². The lowest BCUT2D eigenvalue weighted by atomic mass is 10.00. The minimum Gasteiger partial charge on any atom is -0.481 e. The van der Waals surface area contributed by atoms with E-state index in [9.17, 15) is 4.79 Å². The Morgan fingerprint density at radius 1 is 1.25 bits per heavy atom. The highest BCUT2D eigenvalue weighted by molar-refractivity contribution is 5.96. The van der Waals surface area contributed by atoms with Crippen LogP contribution in [-0.2, 0) is 7.05 Å². The number of amides is 1.